The minimum atomic E-state index is -0.629. The van der Waals surface area contributed by atoms with Crippen LogP contribution in [0.5, 0.6) is 5.75 Å². The van der Waals surface area contributed by atoms with E-state index in [2.05, 4.69) is 5.32 Å². The molecule has 2 N–H and O–H groups in total. The highest BCUT2D eigenvalue weighted by Gasteiger charge is 2.29. The van der Waals surface area contributed by atoms with Gasteiger partial charge < -0.3 is 19.9 Å². The fraction of sp³-hybridized carbons (Fsp3) is 0.600. The van der Waals surface area contributed by atoms with Gasteiger partial charge in [0.2, 0.25) is 0 Å². The van der Waals surface area contributed by atoms with Gasteiger partial charge in [-0.3, -0.25) is 0 Å². The molecule has 1 aromatic carbocycles. The van der Waals surface area contributed by atoms with E-state index in [-0.39, 0.29) is 0 Å². The molecular formula is C15H25NO3. The Morgan fingerprint density at radius 1 is 1.26 bits per heavy atom. The lowest BCUT2D eigenvalue weighted by molar-refractivity contribution is -0.0270. The van der Waals surface area contributed by atoms with Gasteiger partial charge in [-0.25, -0.2) is 0 Å². The van der Waals surface area contributed by atoms with E-state index in [9.17, 15) is 5.11 Å². The standard InChI is InChI=1S/C15H25NO3/c1-15(2,19-13-8-5-4-6-9-13)14(17)12-16-10-7-11-18-3/h4-6,8-9,14,16-17H,7,10-12H2,1-3H3. The van der Waals surface area contributed by atoms with Crippen molar-refractivity contribution in [2.75, 3.05) is 26.8 Å². The molecule has 0 saturated heterocycles. The topological polar surface area (TPSA) is 50.7 Å². The van der Waals surface area contributed by atoms with Crippen molar-refractivity contribution in [1.82, 2.24) is 5.32 Å². The molecule has 108 valence electrons. The maximum Gasteiger partial charge on any atom is 0.130 e. The van der Waals surface area contributed by atoms with Crippen LogP contribution in [0.2, 0.25) is 0 Å². The molecular weight excluding hydrogens is 242 g/mol. The van der Waals surface area contributed by atoms with Crippen LogP contribution in [0.4, 0.5) is 0 Å². The number of hydrogen-bond acceptors (Lipinski definition) is 4. The van der Waals surface area contributed by atoms with E-state index < -0.39 is 11.7 Å². The molecule has 0 amide bonds. The van der Waals surface area contributed by atoms with Crippen molar-refractivity contribution in [3.63, 3.8) is 0 Å². The second-order valence-corrected chi connectivity index (χ2v) is 5.08. The molecule has 4 nitrogen and oxygen atoms in total. The Hall–Kier alpha value is -1.10. The number of rotatable bonds is 9. The predicted molar refractivity (Wildman–Crippen MR) is 76.5 cm³/mol. The molecule has 0 aromatic heterocycles. The summed E-state index contributed by atoms with van der Waals surface area (Å²) in [4.78, 5) is 0. The zero-order valence-electron chi connectivity index (χ0n) is 12.1. The van der Waals surface area contributed by atoms with Crippen LogP contribution in [0.25, 0.3) is 0 Å². The van der Waals surface area contributed by atoms with Gasteiger partial charge in [-0.2, -0.15) is 0 Å². The summed E-state index contributed by atoms with van der Waals surface area (Å²) in [5, 5.41) is 13.4. The van der Waals surface area contributed by atoms with Gasteiger partial charge in [0.25, 0.3) is 0 Å². The molecule has 1 unspecified atom stereocenters. The summed E-state index contributed by atoms with van der Waals surface area (Å²) in [6, 6.07) is 9.55. The van der Waals surface area contributed by atoms with Crippen molar-refractivity contribution in [1.29, 1.82) is 0 Å². The molecule has 19 heavy (non-hydrogen) atoms. The maximum atomic E-state index is 10.2. The van der Waals surface area contributed by atoms with Gasteiger partial charge in [0.05, 0.1) is 0 Å². The Balaban J connectivity index is 2.34. The third-order valence-electron chi connectivity index (χ3n) is 2.97. The fourth-order valence-electron chi connectivity index (χ4n) is 1.69. The van der Waals surface area contributed by atoms with Crippen LogP contribution in [0.15, 0.2) is 30.3 Å². The third-order valence-corrected chi connectivity index (χ3v) is 2.97. The smallest absolute Gasteiger partial charge is 0.130 e. The molecule has 1 aromatic rings. The zero-order valence-corrected chi connectivity index (χ0v) is 12.1. The molecule has 0 saturated carbocycles. The average Bonchev–Trinajstić information content (AvgIpc) is 2.39. The molecule has 0 fully saturated rings. The molecule has 4 heteroatoms. The van der Waals surface area contributed by atoms with Crippen LogP contribution >= 0.6 is 0 Å². The Morgan fingerprint density at radius 2 is 1.95 bits per heavy atom. The molecule has 0 aliphatic heterocycles. The normalized spacial score (nSPS) is 13.3. The number of hydrogen-bond donors (Lipinski definition) is 2. The quantitative estimate of drug-likeness (QED) is 0.670. The summed E-state index contributed by atoms with van der Waals surface area (Å²) >= 11 is 0. The largest absolute Gasteiger partial charge is 0.485 e. The molecule has 0 radical (unpaired) electrons. The van der Waals surface area contributed by atoms with Crippen LogP contribution in [-0.2, 0) is 4.74 Å². The average molecular weight is 267 g/mol. The van der Waals surface area contributed by atoms with Gasteiger partial charge in [-0.1, -0.05) is 18.2 Å². The van der Waals surface area contributed by atoms with Gasteiger partial charge >= 0.3 is 0 Å². The molecule has 1 rings (SSSR count). The van der Waals surface area contributed by atoms with Crippen LogP contribution in [0.3, 0.4) is 0 Å². The van der Waals surface area contributed by atoms with Crippen molar-refractivity contribution in [2.24, 2.45) is 0 Å². The number of aliphatic hydroxyl groups excluding tert-OH is 1. The fourth-order valence-corrected chi connectivity index (χ4v) is 1.69. The van der Waals surface area contributed by atoms with Crippen molar-refractivity contribution in [3.8, 4) is 5.75 Å². The first kappa shape index (κ1) is 16.0. The molecule has 0 aliphatic carbocycles. The number of methoxy groups -OCH3 is 1. The highest BCUT2D eigenvalue weighted by atomic mass is 16.5. The van der Waals surface area contributed by atoms with Crippen molar-refractivity contribution in [2.45, 2.75) is 32.0 Å². The number of benzene rings is 1. The van der Waals surface area contributed by atoms with E-state index in [1.807, 2.05) is 44.2 Å². The zero-order chi connectivity index (χ0) is 14.1. The van der Waals surface area contributed by atoms with Crippen molar-refractivity contribution < 1.29 is 14.6 Å². The Labute approximate surface area is 115 Å². The first-order valence-corrected chi connectivity index (χ1v) is 6.68. The Kier molecular flexibility index (Phi) is 6.84. The van der Waals surface area contributed by atoms with Gasteiger partial charge in [0, 0.05) is 20.3 Å². The van der Waals surface area contributed by atoms with Crippen molar-refractivity contribution in [3.05, 3.63) is 30.3 Å². The highest BCUT2D eigenvalue weighted by Crippen LogP contribution is 2.20. The lowest BCUT2D eigenvalue weighted by Crippen LogP contribution is -2.47. The van der Waals surface area contributed by atoms with E-state index in [4.69, 9.17) is 9.47 Å². The number of nitrogens with one attached hydrogen (secondary N) is 1. The van der Waals surface area contributed by atoms with Crippen LogP contribution in [0, 0.1) is 0 Å². The van der Waals surface area contributed by atoms with E-state index in [0.29, 0.717) is 6.54 Å². The van der Waals surface area contributed by atoms with Crippen LogP contribution in [-0.4, -0.2) is 43.6 Å². The van der Waals surface area contributed by atoms with Crippen molar-refractivity contribution >= 4 is 0 Å². The number of para-hydroxylation sites is 1. The van der Waals surface area contributed by atoms with E-state index in [1.54, 1.807) is 7.11 Å². The van der Waals surface area contributed by atoms with Gasteiger partial charge in [0.15, 0.2) is 0 Å². The minimum Gasteiger partial charge on any atom is -0.485 e. The van der Waals surface area contributed by atoms with Gasteiger partial charge in [0.1, 0.15) is 17.5 Å². The third kappa shape index (κ3) is 6.05. The second-order valence-electron chi connectivity index (χ2n) is 5.08. The summed E-state index contributed by atoms with van der Waals surface area (Å²) in [6.45, 7) is 5.84. The summed E-state index contributed by atoms with van der Waals surface area (Å²) in [5.41, 5.74) is -0.629. The molecule has 0 bridgehead atoms. The Bertz CT molecular complexity index is 341. The van der Waals surface area contributed by atoms with E-state index in [1.165, 1.54) is 0 Å². The summed E-state index contributed by atoms with van der Waals surface area (Å²) < 4.78 is 10.8. The van der Waals surface area contributed by atoms with Crippen LogP contribution in [0.1, 0.15) is 20.3 Å². The molecule has 1 atom stereocenters. The monoisotopic (exact) mass is 267 g/mol. The van der Waals surface area contributed by atoms with Gasteiger partial charge in [-0.05, 0) is 38.9 Å². The highest BCUT2D eigenvalue weighted by molar-refractivity contribution is 5.22. The maximum absolute atomic E-state index is 10.2. The van der Waals surface area contributed by atoms with Crippen LogP contribution < -0.4 is 10.1 Å². The number of ether oxygens (including phenoxy) is 2. The lowest BCUT2D eigenvalue weighted by atomic mass is 10.0. The Morgan fingerprint density at radius 3 is 2.58 bits per heavy atom. The first-order valence-electron chi connectivity index (χ1n) is 6.68. The molecule has 0 spiro atoms. The summed E-state index contributed by atoms with van der Waals surface area (Å²) in [7, 11) is 1.69. The van der Waals surface area contributed by atoms with E-state index in [0.717, 1.165) is 25.3 Å². The number of aliphatic hydroxyl groups is 1. The molecule has 0 heterocycles. The predicted octanol–water partition coefficient (Wildman–Crippen LogP) is 1.83. The minimum absolute atomic E-state index is 0.504. The second kappa shape index (κ2) is 8.15. The SMILES string of the molecule is COCCCNCC(O)C(C)(C)Oc1ccccc1. The molecule has 0 aliphatic rings. The van der Waals surface area contributed by atoms with E-state index >= 15 is 0 Å². The summed E-state index contributed by atoms with van der Waals surface area (Å²) in [6.07, 6.45) is 0.360. The van der Waals surface area contributed by atoms with Gasteiger partial charge in [-0.15, -0.1) is 0 Å². The lowest BCUT2D eigenvalue weighted by Gasteiger charge is -2.31. The summed E-state index contributed by atoms with van der Waals surface area (Å²) in [5.74, 6) is 0.769. The first-order chi connectivity index (χ1) is 9.06.